The normalized spacial score (nSPS) is 17.1. The van der Waals surface area contributed by atoms with E-state index in [-0.39, 0.29) is 5.91 Å². The minimum Gasteiger partial charge on any atom is -0.352 e. The predicted octanol–water partition coefficient (Wildman–Crippen LogP) is 0.707. The number of nitrogens with zero attached hydrogens (tertiary/aromatic N) is 3. The highest BCUT2D eigenvalue weighted by Crippen LogP contribution is 2.16. The molecule has 6 nitrogen and oxygen atoms in total. The second kappa shape index (κ2) is 7.89. The summed E-state index contributed by atoms with van der Waals surface area (Å²) in [6.07, 6.45) is 10.8. The topological polar surface area (TPSA) is 71.8 Å². The first-order valence-corrected chi connectivity index (χ1v) is 7.19. The third-order valence-electron chi connectivity index (χ3n) is 3.50. The summed E-state index contributed by atoms with van der Waals surface area (Å²) in [5.41, 5.74) is 0. The minimum absolute atomic E-state index is 0.102. The number of hydrogen-bond acceptors (Lipinski definition) is 4. The lowest BCUT2D eigenvalue weighted by atomic mass is 10.1. The first-order chi connectivity index (χ1) is 9.34. The van der Waals surface area contributed by atoms with Crippen molar-refractivity contribution in [3.8, 4) is 0 Å². The molecule has 0 unspecified atom stereocenters. The van der Waals surface area contributed by atoms with Crippen LogP contribution in [0, 0.1) is 0 Å². The molecule has 0 aromatic carbocycles. The number of nitrogens with one attached hydrogen (secondary N) is 2. The average molecular weight is 265 g/mol. The Labute approximate surface area is 113 Å². The SMILES string of the molecule is O=C(CNCCn1ccnn1)NC1CCCCCC1. The average Bonchev–Trinajstić information content (AvgIpc) is 2.79. The summed E-state index contributed by atoms with van der Waals surface area (Å²) in [6, 6.07) is 0.382. The standard InChI is InChI=1S/C13H23N5O/c19-13(16-12-5-3-1-2-4-6-12)11-14-7-9-18-10-8-15-17-18/h8,10,12,14H,1-7,9,11H2,(H,16,19). The van der Waals surface area contributed by atoms with Gasteiger partial charge in [0.05, 0.1) is 19.3 Å². The number of hydrogen-bond donors (Lipinski definition) is 2. The Hall–Kier alpha value is -1.43. The highest BCUT2D eigenvalue weighted by molar-refractivity contribution is 5.78. The number of carbonyl (C=O) groups is 1. The second-order valence-corrected chi connectivity index (χ2v) is 5.10. The lowest BCUT2D eigenvalue weighted by molar-refractivity contribution is -0.121. The molecule has 19 heavy (non-hydrogen) atoms. The Morgan fingerprint density at radius 1 is 1.26 bits per heavy atom. The van der Waals surface area contributed by atoms with Crippen molar-refractivity contribution in [1.82, 2.24) is 25.6 Å². The molecular weight excluding hydrogens is 242 g/mol. The first kappa shape index (κ1) is 14.0. The molecule has 1 aromatic heterocycles. The lowest BCUT2D eigenvalue weighted by Gasteiger charge is -2.16. The zero-order valence-corrected chi connectivity index (χ0v) is 11.3. The molecule has 106 valence electrons. The molecule has 0 atom stereocenters. The quantitative estimate of drug-likeness (QED) is 0.587. The molecule has 1 aliphatic carbocycles. The third kappa shape index (κ3) is 5.38. The molecule has 2 rings (SSSR count). The number of aromatic nitrogens is 3. The number of rotatable bonds is 6. The summed E-state index contributed by atoms with van der Waals surface area (Å²) in [7, 11) is 0. The van der Waals surface area contributed by atoms with Crippen molar-refractivity contribution in [2.24, 2.45) is 0 Å². The second-order valence-electron chi connectivity index (χ2n) is 5.10. The van der Waals surface area contributed by atoms with Crippen molar-refractivity contribution in [3.63, 3.8) is 0 Å². The molecule has 1 amide bonds. The smallest absolute Gasteiger partial charge is 0.234 e. The highest BCUT2D eigenvalue weighted by atomic mass is 16.1. The fraction of sp³-hybridized carbons (Fsp3) is 0.769. The van der Waals surface area contributed by atoms with Gasteiger partial charge in [0.15, 0.2) is 0 Å². The van der Waals surface area contributed by atoms with Gasteiger partial charge in [0.25, 0.3) is 0 Å². The van der Waals surface area contributed by atoms with Gasteiger partial charge in [0, 0.05) is 18.8 Å². The lowest BCUT2D eigenvalue weighted by Crippen LogP contribution is -2.40. The van der Waals surface area contributed by atoms with E-state index in [2.05, 4.69) is 20.9 Å². The Morgan fingerprint density at radius 3 is 2.74 bits per heavy atom. The molecular formula is C13H23N5O. The van der Waals surface area contributed by atoms with Crippen LogP contribution in [0.5, 0.6) is 0 Å². The van der Waals surface area contributed by atoms with Gasteiger partial charge in [0.2, 0.25) is 5.91 Å². The van der Waals surface area contributed by atoms with Crippen LogP contribution < -0.4 is 10.6 Å². The van der Waals surface area contributed by atoms with Crippen molar-refractivity contribution < 1.29 is 4.79 Å². The van der Waals surface area contributed by atoms with Gasteiger partial charge in [-0.15, -0.1) is 5.10 Å². The maximum atomic E-state index is 11.8. The van der Waals surface area contributed by atoms with E-state index in [1.165, 1.54) is 25.7 Å². The zero-order chi connectivity index (χ0) is 13.3. The van der Waals surface area contributed by atoms with E-state index in [4.69, 9.17) is 0 Å². The summed E-state index contributed by atoms with van der Waals surface area (Å²) in [4.78, 5) is 11.8. The van der Waals surface area contributed by atoms with Crippen molar-refractivity contribution in [3.05, 3.63) is 12.4 Å². The largest absolute Gasteiger partial charge is 0.352 e. The van der Waals surface area contributed by atoms with Gasteiger partial charge in [-0.1, -0.05) is 30.9 Å². The minimum atomic E-state index is 0.102. The molecule has 1 aliphatic rings. The van der Waals surface area contributed by atoms with Crippen molar-refractivity contribution in [2.75, 3.05) is 13.1 Å². The number of amides is 1. The molecule has 0 radical (unpaired) electrons. The van der Waals surface area contributed by atoms with Crippen molar-refractivity contribution >= 4 is 5.91 Å². The molecule has 0 saturated heterocycles. The van der Waals surface area contributed by atoms with E-state index in [0.717, 1.165) is 25.9 Å². The fourth-order valence-electron chi connectivity index (χ4n) is 2.45. The van der Waals surface area contributed by atoms with E-state index in [9.17, 15) is 4.79 Å². The van der Waals surface area contributed by atoms with Crippen LogP contribution in [0.15, 0.2) is 12.4 Å². The van der Waals surface area contributed by atoms with E-state index in [1.54, 1.807) is 10.9 Å². The van der Waals surface area contributed by atoms with Gasteiger partial charge in [-0.2, -0.15) is 0 Å². The van der Waals surface area contributed by atoms with Crippen LogP contribution in [-0.4, -0.2) is 40.0 Å². The molecule has 0 bridgehead atoms. The molecule has 1 aromatic rings. The van der Waals surface area contributed by atoms with Gasteiger partial charge >= 0.3 is 0 Å². The van der Waals surface area contributed by atoms with E-state index in [1.807, 2.05) is 6.20 Å². The summed E-state index contributed by atoms with van der Waals surface area (Å²) in [5.74, 6) is 0.102. The van der Waals surface area contributed by atoms with E-state index >= 15 is 0 Å². The zero-order valence-electron chi connectivity index (χ0n) is 11.3. The van der Waals surface area contributed by atoms with Gasteiger partial charge in [0.1, 0.15) is 0 Å². The fourth-order valence-corrected chi connectivity index (χ4v) is 2.45. The van der Waals surface area contributed by atoms with Crippen molar-refractivity contribution in [2.45, 2.75) is 51.1 Å². The van der Waals surface area contributed by atoms with Crippen LogP contribution in [0.2, 0.25) is 0 Å². The molecule has 0 aliphatic heterocycles. The first-order valence-electron chi connectivity index (χ1n) is 7.19. The predicted molar refractivity (Wildman–Crippen MR) is 72.5 cm³/mol. The van der Waals surface area contributed by atoms with E-state index < -0.39 is 0 Å². The highest BCUT2D eigenvalue weighted by Gasteiger charge is 2.14. The Kier molecular flexibility index (Phi) is 5.81. The van der Waals surface area contributed by atoms with Crippen LogP contribution >= 0.6 is 0 Å². The van der Waals surface area contributed by atoms with Gasteiger partial charge < -0.3 is 10.6 Å². The summed E-state index contributed by atoms with van der Waals surface area (Å²) < 4.78 is 1.75. The number of carbonyl (C=O) groups excluding carboxylic acids is 1. The van der Waals surface area contributed by atoms with Crippen LogP contribution in [0.25, 0.3) is 0 Å². The monoisotopic (exact) mass is 265 g/mol. The van der Waals surface area contributed by atoms with Crippen LogP contribution in [0.4, 0.5) is 0 Å². The summed E-state index contributed by atoms with van der Waals surface area (Å²) >= 11 is 0. The molecule has 1 fully saturated rings. The van der Waals surface area contributed by atoms with Crippen LogP contribution in [-0.2, 0) is 11.3 Å². The maximum absolute atomic E-state index is 11.8. The molecule has 0 spiro atoms. The Morgan fingerprint density at radius 2 is 2.05 bits per heavy atom. The van der Waals surface area contributed by atoms with E-state index in [0.29, 0.717) is 12.6 Å². The van der Waals surface area contributed by atoms with Gasteiger partial charge in [-0.3, -0.25) is 9.48 Å². The van der Waals surface area contributed by atoms with Gasteiger partial charge in [-0.25, -0.2) is 0 Å². The Balaban J connectivity index is 1.56. The molecule has 6 heteroatoms. The summed E-state index contributed by atoms with van der Waals surface area (Å²) in [6.45, 7) is 1.84. The molecule has 2 N–H and O–H groups in total. The maximum Gasteiger partial charge on any atom is 0.234 e. The van der Waals surface area contributed by atoms with Crippen LogP contribution in [0.3, 0.4) is 0 Å². The summed E-state index contributed by atoms with van der Waals surface area (Å²) in [5, 5.41) is 13.8. The van der Waals surface area contributed by atoms with Crippen LogP contribution in [0.1, 0.15) is 38.5 Å². The third-order valence-corrected chi connectivity index (χ3v) is 3.50. The van der Waals surface area contributed by atoms with Gasteiger partial charge in [-0.05, 0) is 12.8 Å². The molecule has 1 saturated carbocycles. The molecule has 1 heterocycles. The van der Waals surface area contributed by atoms with Crippen molar-refractivity contribution in [1.29, 1.82) is 0 Å². The Bertz CT molecular complexity index is 357.